The summed E-state index contributed by atoms with van der Waals surface area (Å²) in [5.41, 5.74) is 2.36. The molecule has 5 atom stereocenters. The molecule has 0 radical (unpaired) electrons. The molecule has 0 bridgehead atoms. The zero-order chi connectivity index (χ0) is 15.6. The van der Waals surface area contributed by atoms with Gasteiger partial charge in [0.15, 0.2) is 0 Å². The van der Waals surface area contributed by atoms with Crippen molar-refractivity contribution in [3.05, 3.63) is 23.8 Å². The first-order valence-electron chi connectivity index (χ1n) is 8.84. The van der Waals surface area contributed by atoms with Crippen LogP contribution < -0.4 is 0 Å². The van der Waals surface area contributed by atoms with Gasteiger partial charge in [-0.15, -0.1) is 0 Å². The van der Waals surface area contributed by atoms with E-state index in [0.717, 1.165) is 31.6 Å². The highest BCUT2D eigenvalue weighted by atomic mass is 16.3. The molecule has 2 aliphatic carbocycles. The number of hydrogen-bond donors (Lipinski definition) is 1. The van der Waals surface area contributed by atoms with Crippen LogP contribution in [0.5, 0.6) is 0 Å². The van der Waals surface area contributed by atoms with Crippen LogP contribution in [0.15, 0.2) is 23.8 Å². The maximum Gasteiger partial charge on any atom is 0.0650 e. The lowest BCUT2D eigenvalue weighted by Gasteiger charge is -2.33. The van der Waals surface area contributed by atoms with Crippen LogP contribution in [0.3, 0.4) is 0 Å². The molecule has 0 heterocycles. The summed E-state index contributed by atoms with van der Waals surface area (Å²) in [6.45, 7) is 13.2. The van der Waals surface area contributed by atoms with Gasteiger partial charge in [0.25, 0.3) is 0 Å². The van der Waals surface area contributed by atoms with Gasteiger partial charge in [0.1, 0.15) is 0 Å². The lowest BCUT2D eigenvalue weighted by atomic mass is 9.77. The van der Waals surface area contributed by atoms with E-state index in [1.54, 1.807) is 0 Å². The summed E-state index contributed by atoms with van der Waals surface area (Å²) in [4.78, 5) is 0. The first-order chi connectivity index (χ1) is 9.81. The van der Waals surface area contributed by atoms with Crippen molar-refractivity contribution in [3.8, 4) is 0 Å². The molecule has 1 nitrogen and oxygen atoms in total. The number of aliphatic hydroxyl groups is 1. The largest absolute Gasteiger partial charge is 0.390 e. The Morgan fingerprint density at radius 1 is 1.29 bits per heavy atom. The SMILES string of the molecule is C=C(CCC=C(C)C)[C@H]1CC[C@@](C)(O)[C@@H]2CC[C@H](C)[C@@H]2C1. The Kier molecular flexibility index (Phi) is 5.35. The molecule has 0 amide bonds. The van der Waals surface area contributed by atoms with E-state index in [4.69, 9.17) is 0 Å². The predicted molar refractivity (Wildman–Crippen MR) is 91.1 cm³/mol. The maximum absolute atomic E-state index is 10.9. The summed E-state index contributed by atoms with van der Waals surface area (Å²) < 4.78 is 0. The van der Waals surface area contributed by atoms with E-state index in [2.05, 4.69) is 40.3 Å². The number of hydrogen-bond acceptors (Lipinski definition) is 1. The smallest absolute Gasteiger partial charge is 0.0650 e. The third-order valence-corrected chi connectivity index (χ3v) is 6.13. The molecule has 2 fully saturated rings. The maximum atomic E-state index is 10.9. The monoisotopic (exact) mass is 290 g/mol. The second-order valence-corrected chi connectivity index (χ2v) is 8.13. The highest BCUT2D eigenvalue weighted by Crippen LogP contribution is 2.51. The van der Waals surface area contributed by atoms with Crippen LogP contribution in [-0.2, 0) is 0 Å². The van der Waals surface area contributed by atoms with Gasteiger partial charge in [-0.3, -0.25) is 0 Å². The molecule has 2 aliphatic rings. The molecular weight excluding hydrogens is 256 g/mol. The van der Waals surface area contributed by atoms with Gasteiger partial charge < -0.3 is 5.11 Å². The van der Waals surface area contributed by atoms with E-state index < -0.39 is 5.60 Å². The summed E-state index contributed by atoms with van der Waals surface area (Å²) in [7, 11) is 0. The summed E-state index contributed by atoms with van der Waals surface area (Å²) >= 11 is 0. The Bertz CT molecular complexity index is 400. The van der Waals surface area contributed by atoms with Crippen LogP contribution in [0, 0.1) is 23.7 Å². The summed E-state index contributed by atoms with van der Waals surface area (Å²) in [5.74, 6) is 2.61. The lowest BCUT2D eigenvalue weighted by Crippen LogP contribution is -2.36. The van der Waals surface area contributed by atoms with Gasteiger partial charge in [-0.25, -0.2) is 0 Å². The fourth-order valence-corrected chi connectivity index (χ4v) is 4.66. The van der Waals surface area contributed by atoms with Gasteiger partial charge >= 0.3 is 0 Å². The average Bonchev–Trinajstić information content (AvgIpc) is 2.69. The van der Waals surface area contributed by atoms with Crippen molar-refractivity contribution in [2.75, 3.05) is 0 Å². The van der Waals surface area contributed by atoms with Crippen molar-refractivity contribution in [3.63, 3.8) is 0 Å². The van der Waals surface area contributed by atoms with Crippen molar-refractivity contribution in [1.82, 2.24) is 0 Å². The fourth-order valence-electron chi connectivity index (χ4n) is 4.66. The van der Waals surface area contributed by atoms with Crippen molar-refractivity contribution < 1.29 is 5.11 Å². The first-order valence-corrected chi connectivity index (χ1v) is 8.84. The third-order valence-electron chi connectivity index (χ3n) is 6.13. The zero-order valence-electron chi connectivity index (χ0n) is 14.5. The standard InChI is InChI=1S/C20H34O/c1-14(2)7-6-8-15(3)17-11-12-20(5,21)19-10-9-16(4)18(19)13-17/h7,16-19,21H,3,6,8-13H2,1-2,4-5H3/t16-,17-,18-,19+,20+/m0/s1. The molecule has 2 rings (SSSR count). The van der Waals surface area contributed by atoms with E-state index in [1.807, 2.05) is 0 Å². The van der Waals surface area contributed by atoms with E-state index in [-0.39, 0.29) is 0 Å². The molecule has 21 heavy (non-hydrogen) atoms. The zero-order valence-corrected chi connectivity index (χ0v) is 14.5. The van der Waals surface area contributed by atoms with Gasteiger partial charge in [-0.1, -0.05) is 37.1 Å². The highest BCUT2D eigenvalue weighted by Gasteiger charge is 2.46. The van der Waals surface area contributed by atoms with E-state index in [1.165, 1.54) is 30.4 Å². The third kappa shape index (κ3) is 4.00. The molecule has 2 saturated carbocycles. The first kappa shape index (κ1) is 16.8. The van der Waals surface area contributed by atoms with Crippen molar-refractivity contribution in [1.29, 1.82) is 0 Å². The summed E-state index contributed by atoms with van der Waals surface area (Å²) in [5, 5.41) is 10.9. The molecule has 0 saturated heterocycles. The Morgan fingerprint density at radius 3 is 2.67 bits per heavy atom. The molecule has 0 spiro atoms. The molecule has 1 heteroatoms. The van der Waals surface area contributed by atoms with Gasteiger partial charge in [0.05, 0.1) is 5.60 Å². The molecule has 0 aromatic rings. The number of allylic oxidation sites excluding steroid dienone is 3. The van der Waals surface area contributed by atoms with Crippen LogP contribution in [0.4, 0.5) is 0 Å². The Labute approximate surface area is 131 Å². The normalized spacial score (nSPS) is 39.5. The fraction of sp³-hybridized carbons (Fsp3) is 0.800. The minimum atomic E-state index is -0.454. The van der Waals surface area contributed by atoms with Crippen LogP contribution in [0.2, 0.25) is 0 Å². The summed E-state index contributed by atoms with van der Waals surface area (Å²) in [6.07, 6.45) is 10.4. The molecule has 1 N–H and O–H groups in total. The van der Waals surface area contributed by atoms with Crippen LogP contribution in [0.25, 0.3) is 0 Å². The van der Waals surface area contributed by atoms with Crippen molar-refractivity contribution in [2.24, 2.45) is 23.7 Å². The highest BCUT2D eigenvalue weighted by molar-refractivity contribution is 5.08. The summed E-state index contributed by atoms with van der Waals surface area (Å²) in [6, 6.07) is 0. The van der Waals surface area contributed by atoms with E-state index >= 15 is 0 Å². The second-order valence-electron chi connectivity index (χ2n) is 8.13. The van der Waals surface area contributed by atoms with E-state index in [9.17, 15) is 5.11 Å². The Balaban J connectivity index is 2.02. The molecule has 0 aromatic heterocycles. The quantitative estimate of drug-likeness (QED) is 0.678. The van der Waals surface area contributed by atoms with Gasteiger partial charge in [0.2, 0.25) is 0 Å². The molecular formula is C20H34O. The minimum Gasteiger partial charge on any atom is -0.390 e. The molecule has 0 aromatic carbocycles. The van der Waals surface area contributed by atoms with Crippen molar-refractivity contribution >= 4 is 0 Å². The Hall–Kier alpha value is -0.560. The minimum absolute atomic E-state index is 0.454. The molecule has 0 unspecified atom stereocenters. The Morgan fingerprint density at radius 2 is 2.00 bits per heavy atom. The van der Waals surface area contributed by atoms with Crippen LogP contribution >= 0.6 is 0 Å². The van der Waals surface area contributed by atoms with Crippen LogP contribution in [-0.4, -0.2) is 10.7 Å². The number of fused-ring (bicyclic) bond motifs is 1. The van der Waals surface area contributed by atoms with Gasteiger partial charge in [0, 0.05) is 0 Å². The van der Waals surface area contributed by atoms with E-state index in [0.29, 0.717) is 17.8 Å². The van der Waals surface area contributed by atoms with Crippen LogP contribution in [0.1, 0.15) is 72.6 Å². The van der Waals surface area contributed by atoms with Crippen molar-refractivity contribution in [2.45, 2.75) is 78.2 Å². The topological polar surface area (TPSA) is 20.2 Å². The average molecular weight is 290 g/mol. The van der Waals surface area contributed by atoms with Gasteiger partial charge in [-0.2, -0.15) is 0 Å². The second kappa shape index (κ2) is 6.69. The lowest BCUT2D eigenvalue weighted by molar-refractivity contribution is -0.0208. The van der Waals surface area contributed by atoms with Gasteiger partial charge in [-0.05, 0) is 83.0 Å². The molecule has 0 aliphatic heterocycles. The predicted octanol–water partition coefficient (Wildman–Crippen LogP) is 5.50. The number of rotatable bonds is 4. The molecule has 120 valence electrons.